The van der Waals surface area contributed by atoms with E-state index >= 15 is 0 Å². The SMILES string of the molecule is COc1cc(I)c(Cl)cc1C(=O)Nc1c(C)cc(C)cc1C. The van der Waals surface area contributed by atoms with Gasteiger partial charge >= 0.3 is 0 Å². The molecule has 5 heteroatoms. The number of hydrogen-bond acceptors (Lipinski definition) is 2. The average Bonchev–Trinajstić information content (AvgIpc) is 2.44. The van der Waals surface area contributed by atoms with Crippen molar-refractivity contribution in [3.05, 3.63) is 55.1 Å². The number of aryl methyl sites for hydroxylation is 3. The lowest BCUT2D eigenvalue weighted by Crippen LogP contribution is -2.15. The molecule has 0 radical (unpaired) electrons. The Bertz CT molecular complexity index is 721. The minimum atomic E-state index is -0.231. The summed E-state index contributed by atoms with van der Waals surface area (Å²) in [5, 5.41) is 3.49. The molecule has 0 unspecified atom stereocenters. The number of rotatable bonds is 3. The van der Waals surface area contributed by atoms with Crippen LogP contribution < -0.4 is 10.1 Å². The number of benzene rings is 2. The topological polar surface area (TPSA) is 38.3 Å². The highest BCUT2D eigenvalue weighted by atomic mass is 127. The normalized spacial score (nSPS) is 10.5. The molecule has 0 aliphatic heterocycles. The molecule has 2 aromatic rings. The van der Waals surface area contributed by atoms with Gasteiger partial charge in [-0.05, 0) is 66.6 Å². The molecule has 0 heterocycles. The van der Waals surface area contributed by atoms with Crippen LogP contribution in [0.1, 0.15) is 27.0 Å². The van der Waals surface area contributed by atoms with Gasteiger partial charge in [0, 0.05) is 9.26 Å². The fraction of sp³-hybridized carbons (Fsp3) is 0.235. The molecular formula is C17H17ClINO2. The van der Waals surface area contributed by atoms with E-state index in [0.717, 1.165) is 20.4 Å². The molecule has 22 heavy (non-hydrogen) atoms. The Hall–Kier alpha value is -1.27. The number of halogens is 2. The summed E-state index contributed by atoms with van der Waals surface area (Å²) in [6, 6.07) is 7.48. The Morgan fingerprint density at radius 2 is 1.73 bits per heavy atom. The fourth-order valence-corrected chi connectivity index (χ4v) is 3.04. The molecule has 0 saturated carbocycles. The van der Waals surface area contributed by atoms with Gasteiger partial charge in [0.2, 0.25) is 0 Å². The number of amides is 1. The van der Waals surface area contributed by atoms with Crippen molar-refractivity contribution in [2.75, 3.05) is 12.4 Å². The van der Waals surface area contributed by atoms with Gasteiger partial charge in [0.25, 0.3) is 5.91 Å². The van der Waals surface area contributed by atoms with Crippen LogP contribution in [0.4, 0.5) is 5.69 Å². The highest BCUT2D eigenvalue weighted by Gasteiger charge is 2.17. The largest absolute Gasteiger partial charge is 0.496 e. The first kappa shape index (κ1) is 17.1. The van der Waals surface area contributed by atoms with Crippen molar-refractivity contribution in [1.82, 2.24) is 0 Å². The Morgan fingerprint density at radius 3 is 2.27 bits per heavy atom. The second kappa shape index (κ2) is 6.87. The van der Waals surface area contributed by atoms with Crippen LogP contribution in [0.2, 0.25) is 5.02 Å². The van der Waals surface area contributed by atoms with Gasteiger partial charge < -0.3 is 10.1 Å². The molecule has 3 nitrogen and oxygen atoms in total. The van der Waals surface area contributed by atoms with Crippen LogP contribution in [-0.4, -0.2) is 13.0 Å². The van der Waals surface area contributed by atoms with Crippen LogP contribution in [0, 0.1) is 24.3 Å². The van der Waals surface area contributed by atoms with E-state index in [1.165, 1.54) is 5.56 Å². The van der Waals surface area contributed by atoms with E-state index < -0.39 is 0 Å². The quantitative estimate of drug-likeness (QED) is 0.687. The minimum absolute atomic E-state index is 0.231. The van der Waals surface area contributed by atoms with Gasteiger partial charge in [-0.2, -0.15) is 0 Å². The minimum Gasteiger partial charge on any atom is -0.496 e. The van der Waals surface area contributed by atoms with Gasteiger partial charge in [-0.25, -0.2) is 0 Å². The molecule has 0 bridgehead atoms. The van der Waals surface area contributed by atoms with Crippen LogP contribution >= 0.6 is 34.2 Å². The van der Waals surface area contributed by atoms with Gasteiger partial charge in [-0.1, -0.05) is 29.3 Å². The highest BCUT2D eigenvalue weighted by molar-refractivity contribution is 14.1. The molecule has 0 atom stereocenters. The summed E-state index contributed by atoms with van der Waals surface area (Å²) < 4.78 is 6.14. The Morgan fingerprint density at radius 1 is 1.14 bits per heavy atom. The first-order valence-corrected chi connectivity index (χ1v) is 8.21. The smallest absolute Gasteiger partial charge is 0.259 e. The fourth-order valence-electron chi connectivity index (χ4n) is 2.43. The van der Waals surface area contributed by atoms with Crippen molar-refractivity contribution in [3.63, 3.8) is 0 Å². The zero-order valence-electron chi connectivity index (χ0n) is 12.9. The van der Waals surface area contributed by atoms with E-state index in [1.807, 2.05) is 32.9 Å². The summed E-state index contributed by atoms with van der Waals surface area (Å²) in [5.41, 5.74) is 4.48. The lowest BCUT2D eigenvalue weighted by molar-refractivity contribution is 0.102. The van der Waals surface area contributed by atoms with Crippen LogP contribution in [0.5, 0.6) is 5.75 Å². The lowest BCUT2D eigenvalue weighted by Gasteiger charge is -2.15. The molecule has 116 valence electrons. The van der Waals surface area contributed by atoms with Gasteiger partial charge in [0.15, 0.2) is 0 Å². The second-order valence-electron chi connectivity index (χ2n) is 5.19. The molecule has 0 aromatic heterocycles. The van der Waals surface area contributed by atoms with E-state index in [4.69, 9.17) is 16.3 Å². The first-order valence-electron chi connectivity index (χ1n) is 6.75. The summed E-state index contributed by atoms with van der Waals surface area (Å²) in [6.07, 6.45) is 0. The van der Waals surface area contributed by atoms with E-state index in [-0.39, 0.29) is 5.91 Å². The molecule has 0 spiro atoms. The van der Waals surface area contributed by atoms with Gasteiger partial charge in [-0.3, -0.25) is 4.79 Å². The van der Waals surface area contributed by atoms with Crippen LogP contribution in [0.25, 0.3) is 0 Å². The molecule has 1 amide bonds. The molecule has 0 fully saturated rings. The van der Waals surface area contributed by atoms with Crippen molar-refractivity contribution in [1.29, 1.82) is 0 Å². The average molecular weight is 430 g/mol. The van der Waals surface area contributed by atoms with Gasteiger partial charge in [-0.15, -0.1) is 0 Å². The molecule has 0 aliphatic carbocycles. The number of anilines is 1. The predicted molar refractivity (Wildman–Crippen MR) is 99.3 cm³/mol. The lowest BCUT2D eigenvalue weighted by atomic mass is 10.0. The summed E-state index contributed by atoms with van der Waals surface area (Å²) in [5.74, 6) is 0.277. The number of nitrogens with one attached hydrogen (secondary N) is 1. The first-order chi connectivity index (χ1) is 10.3. The highest BCUT2D eigenvalue weighted by Crippen LogP contribution is 2.30. The maximum atomic E-state index is 12.6. The van der Waals surface area contributed by atoms with Crippen molar-refractivity contribution in [3.8, 4) is 5.75 Å². The van der Waals surface area contributed by atoms with Crippen molar-refractivity contribution in [2.24, 2.45) is 0 Å². The van der Waals surface area contributed by atoms with E-state index in [0.29, 0.717) is 16.3 Å². The van der Waals surface area contributed by atoms with Crippen molar-refractivity contribution >= 4 is 45.8 Å². The molecule has 0 aliphatic rings. The maximum absolute atomic E-state index is 12.6. The molecule has 0 saturated heterocycles. The third kappa shape index (κ3) is 3.55. The number of ether oxygens (including phenoxy) is 1. The summed E-state index contributed by atoms with van der Waals surface area (Å²) >= 11 is 8.24. The second-order valence-corrected chi connectivity index (χ2v) is 6.76. The van der Waals surface area contributed by atoms with Crippen molar-refractivity contribution < 1.29 is 9.53 Å². The van der Waals surface area contributed by atoms with Crippen LogP contribution in [0.3, 0.4) is 0 Å². The predicted octanol–water partition coefficient (Wildman–Crippen LogP) is 5.13. The summed E-state index contributed by atoms with van der Waals surface area (Å²) in [7, 11) is 1.54. The number of carbonyl (C=O) groups is 1. The van der Waals surface area contributed by atoms with Gasteiger partial charge in [0.05, 0.1) is 17.7 Å². The third-order valence-corrected chi connectivity index (χ3v) is 4.93. The van der Waals surface area contributed by atoms with Crippen molar-refractivity contribution in [2.45, 2.75) is 20.8 Å². The summed E-state index contributed by atoms with van der Waals surface area (Å²) in [4.78, 5) is 12.6. The number of hydrogen-bond donors (Lipinski definition) is 1. The Labute approximate surface area is 149 Å². The maximum Gasteiger partial charge on any atom is 0.259 e. The molecule has 2 aromatic carbocycles. The third-order valence-electron chi connectivity index (χ3n) is 3.40. The van der Waals surface area contributed by atoms with Gasteiger partial charge in [0.1, 0.15) is 5.75 Å². The standard InChI is InChI=1S/C17H17ClINO2/c1-9-5-10(2)16(11(3)6-9)20-17(21)12-7-13(18)14(19)8-15(12)22-4/h5-8H,1-4H3,(H,20,21). The monoisotopic (exact) mass is 429 g/mol. The number of carbonyl (C=O) groups excluding carboxylic acids is 1. The van der Waals surface area contributed by atoms with E-state index in [2.05, 4.69) is 27.9 Å². The van der Waals surface area contributed by atoms with Crippen LogP contribution in [0.15, 0.2) is 24.3 Å². The zero-order valence-corrected chi connectivity index (χ0v) is 15.8. The molecule has 2 rings (SSSR count). The molecular weight excluding hydrogens is 413 g/mol. The number of methoxy groups -OCH3 is 1. The van der Waals surface area contributed by atoms with Crippen LogP contribution in [-0.2, 0) is 0 Å². The summed E-state index contributed by atoms with van der Waals surface area (Å²) in [6.45, 7) is 6.00. The van der Waals surface area contributed by atoms with E-state index in [9.17, 15) is 4.79 Å². The Kier molecular flexibility index (Phi) is 5.34. The Balaban J connectivity index is 2.40. The van der Waals surface area contributed by atoms with E-state index in [1.54, 1.807) is 19.2 Å². The molecule has 1 N–H and O–H groups in total. The zero-order chi connectivity index (χ0) is 16.4.